The molecule has 118 valence electrons. The van der Waals surface area contributed by atoms with Gasteiger partial charge in [-0.05, 0) is 51.4 Å². The van der Waals surface area contributed by atoms with Gasteiger partial charge in [0, 0.05) is 18.2 Å². The maximum atomic E-state index is 13.9. The van der Waals surface area contributed by atoms with Crippen LogP contribution < -0.4 is 5.32 Å². The topological polar surface area (TPSA) is 15.3 Å². The van der Waals surface area contributed by atoms with Crippen molar-refractivity contribution in [1.29, 1.82) is 0 Å². The number of benzene rings is 1. The first kappa shape index (κ1) is 16.4. The molecule has 2 rings (SSSR count). The zero-order chi connectivity index (χ0) is 15.2. The van der Waals surface area contributed by atoms with E-state index in [9.17, 15) is 8.78 Å². The number of hydrogen-bond donors (Lipinski definition) is 1. The Kier molecular flexibility index (Phi) is 6.12. The Morgan fingerprint density at radius 1 is 1.38 bits per heavy atom. The molecular weight excluding hydrogens is 270 g/mol. The van der Waals surface area contributed by atoms with Gasteiger partial charge < -0.3 is 10.2 Å². The molecule has 0 aromatic heterocycles. The van der Waals surface area contributed by atoms with Crippen LogP contribution in [0, 0.1) is 17.6 Å². The Hall–Kier alpha value is -1.00. The molecule has 4 heteroatoms. The third-order valence-corrected chi connectivity index (χ3v) is 4.62. The highest BCUT2D eigenvalue weighted by atomic mass is 19.2. The van der Waals surface area contributed by atoms with Gasteiger partial charge in [-0.2, -0.15) is 0 Å². The van der Waals surface area contributed by atoms with Crippen LogP contribution in [0.5, 0.6) is 0 Å². The van der Waals surface area contributed by atoms with Crippen molar-refractivity contribution in [3.63, 3.8) is 0 Å². The van der Waals surface area contributed by atoms with Crippen LogP contribution in [0.2, 0.25) is 0 Å². The molecule has 0 radical (unpaired) electrons. The summed E-state index contributed by atoms with van der Waals surface area (Å²) in [7, 11) is 1.81. The van der Waals surface area contributed by atoms with Crippen molar-refractivity contribution in [2.45, 2.75) is 38.6 Å². The summed E-state index contributed by atoms with van der Waals surface area (Å²) in [4.78, 5) is 2.46. The molecule has 0 bridgehead atoms. The minimum atomic E-state index is -0.767. The third kappa shape index (κ3) is 4.24. The van der Waals surface area contributed by atoms with Crippen LogP contribution in [0.25, 0.3) is 0 Å². The first-order chi connectivity index (χ1) is 10.2. The van der Waals surface area contributed by atoms with Crippen molar-refractivity contribution in [3.05, 3.63) is 35.4 Å². The molecule has 1 aliphatic rings. The summed E-state index contributed by atoms with van der Waals surface area (Å²) in [5.74, 6) is -0.698. The lowest BCUT2D eigenvalue weighted by atomic mass is 9.95. The van der Waals surface area contributed by atoms with E-state index in [4.69, 9.17) is 0 Å². The van der Waals surface area contributed by atoms with E-state index in [2.05, 4.69) is 17.1 Å². The number of likely N-dealkylation sites (tertiary alicyclic amines) is 1. The van der Waals surface area contributed by atoms with Gasteiger partial charge in [-0.25, -0.2) is 8.78 Å². The minimum Gasteiger partial charge on any atom is -0.313 e. The highest BCUT2D eigenvalue weighted by molar-refractivity contribution is 5.22. The Morgan fingerprint density at radius 2 is 2.19 bits per heavy atom. The van der Waals surface area contributed by atoms with Crippen molar-refractivity contribution in [3.8, 4) is 0 Å². The Labute approximate surface area is 126 Å². The van der Waals surface area contributed by atoms with E-state index in [1.807, 2.05) is 0 Å². The molecule has 1 fully saturated rings. The molecule has 1 heterocycles. The molecule has 2 unspecified atom stereocenters. The second kappa shape index (κ2) is 7.85. The molecule has 1 aliphatic heterocycles. The zero-order valence-electron chi connectivity index (χ0n) is 13.0. The van der Waals surface area contributed by atoms with E-state index in [-0.39, 0.29) is 6.04 Å². The third-order valence-electron chi connectivity index (χ3n) is 4.62. The predicted molar refractivity (Wildman–Crippen MR) is 82.2 cm³/mol. The molecule has 0 spiro atoms. The molecule has 2 atom stereocenters. The van der Waals surface area contributed by atoms with Crippen LogP contribution in [0.1, 0.15) is 44.2 Å². The van der Waals surface area contributed by atoms with Gasteiger partial charge in [-0.3, -0.25) is 0 Å². The van der Waals surface area contributed by atoms with Crippen molar-refractivity contribution in [1.82, 2.24) is 10.2 Å². The van der Waals surface area contributed by atoms with Gasteiger partial charge in [0.25, 0.3) is 0 Å². The van der Waals surface area contributed by atoms with Crippen LogP contribution >= 0.6 is 0 Å². The van der Waals surface area contributed by atoms with Crippen molar-refractivity contribution < 1.29 is 8.78 Å². The van der Waals surface area contributed by atoms with Crippen LogP contribution in [0.15, 0.2) is 18.2 Å². The molecule has 21 heavy (non-hydrogen) atoms. The second-order valence-corrected chi connectivity index (χ2v) is 5.99. The standard InChI is InChI=1S/C17H26F2N2/c1-3-13-6-5-10-21(12-13)11-9-16(20-2)14-7-4-8-15(18)17(14)19/h4,7-8,13,16,20H,3,5-6,9-12H2,1-2H3. The zero-order valence-corrected chi connectivity index (χ0v) is 13.0. The molecular formula is C17H26F2N2. The van der Waals surface area contributed by atoms with Gasteiger partial charge in [0.1, 0.15) is 0 Å². The Balaban J connectivity index is 1.95. The fourth-order valence-electron chi connectivity index (χ4n) is 3.24. The van der Waals surface area contributed by atoms with Crippen LogP contribution in [-0.2, 0) is 0 Å². The van der Waals surface area contributed by atoms with E-state index in [0.717, 1.165) is 32.0 Å². The van der Waals surface area contributed by atoms with Crippen LogP contribution in [0.4, 0.5) is 8.78 Å². The number of rotatable bonds is 6. The maximum Gasteiger partial charge on any atom is 0.163 e. The lowest BCUT2D eigenvalue weighted by Gasteiger charge is -2.33. The summed E-state index contributed by atoms with van der Waals surface area (Å²) >= 11 is 0. The van der Waals surface area contributed by atoms with E-state index in [1.165, 1.54) is 25.3 Å². The van der Waals surface area contributed by atoms with Gasteiger partial charge >= 0.3 is 0 Å². The SMILES string of the molecule is CCC1CCCN(CCC(NC)c2cccc(F)c2F)C1. The summed E-state index contributed by atoms with van der Waals surface area (Å²) in [5.41, 5.74) is 0.432. The first-order valence-corrected chi connectivity index (χ1v) is 7.99. The molecule has 2 nitrogen and oxygen atoms in total. The molecule has 0 saturated carbocycles. The lowest BCUT2D eigenvalue weighted by Crippen LogP contribution is -2.37. The van der Waals surface area contributed by atoms with Gasteiger partial charge in [0.2, 0.25) is 0 Å². The predicted octanol–water partition coefficient (Wildman–Crippen LogP) is 3.74. The van der Waals surface area contributed by atoms with E-state index < -0.39 is 11.6 Å². The Morgan fingerprint density at radius 3 is 2.90 bits per heavy atom. The smallest absolute Gasteiger partial charge is 0.163 e. The van der Waals surface area contributed by atoms with Crippen LogP contribution in [0.3, 0.4) is 0 Å². The fourth-order valence-corrected chi connectivity index (χ4v) is 3.24. The minimum absolute atomic E-state index is 0.136. The highest BCUT2D eigenvalue weighted by Gasteiger charge is 2.21. The summed E-state index contributed by atoms with van der Waals surface area (Å²) < 4.78 is 27.2. The maximum absolute atomic E-state index is 13.9. The van der Waals surface area contributed by atoms with Crippen molar-refractivity contribution in [2.24, 2.45) is 5.92 Å². The van der Waals surface area contributed by atoms with Gasteiger partial charge in [0.15, 0.2) is 11.6 Å². The molecule has 0 amide bonds. The Bertz CT molecular complexity index is 450. The van der Waals surface area contributed by atoms with Crippen molar-refractivity contribution in [2.75, 3.05) is 26.7 Å². The number of nitrogens with one attached hydrogen (secondary N) is 1. The average molecular weight is 296 g/mol. The molecule has 1 saturated heterocycles. The second-order valence-electron chi connectivity index (χ2n) is 5.99. The monoisotopic (exact) mass is 296 g/mol. The van der Waals surface area contributed by atoms with Gasteiger partial charge in [-0.15, -0.1) is 0 Å². The summed E-state index contributed by atoms with van der Waals surface area (Å²) in [5, 5.41) is 3.12. The number of halogens is 2. The van der Waals surface area contributed by atoms with E-state index >= 15 is 0 Å². The highest BCUT2D eigenvalue weighted by Crippen LogP contribution is 2.24. The van der Waals surface area contributed by atoms with Gasteiger partial charge in [0.05, 0.1) is 0 Å². The molecule has 1 aromatic rings. The normalized spacial score (nSPS) is 21.4. The average Bonchev–Trinajstić information content (AvgIpc) is 2.52. The van der Waals surface area contributed by atoms with Crippen LogP contribution in [-0.4, -0.2) is 31.6 Å². The first-order valence-electron chi connectivity index (χ1n) is 7.99. The van der Waals surface area contributed by atoms with Crippen molar-refractivity contribution >= 4 is 0 Å². The lowest BCUT2D eigenvalue weighted by molar-refractivity contribution is 0.165. The van der Waals surface area contributed by atoms with E-state index in [0.29, 0.717) is 5.56 Å². The summed E-state index contributed by atoms with van der Waals surface area (Å²) in [6.45, 7) is 5.43. The molecule has 0 aliphatic carbocycles. The number of nitrogens with zero attached hydrogens (tertiary/aromatic N) is 1. The fraction of sp³-hybridized carbons (Fsp3) is 0.647. The molecule has 1 N–H and O–H groups in total. The number of piperidine rings is 1. The molecule has 1 aromatic carbocycles. The quantitative estimate of drug-likeness (QED) is 0.860. The van der Waals surface area contributed by atoms with E-state index in [1.54, 1.807) is 19.2 Å². The van der Waals surface area contributed by atoms with Gasteiger partial charge in [-0.1, -0.05) is 25.5 Å². The largest absolute Gasteiger partial charge is 0.313 e. The summed E-state index contributed by atoms with van der Waals surface area (Å²) in [6, 6.07) is 4.28. The number of hydrogen-bond acceptors (Lipinski definition) is 2. The summed E-state index contributed by atoms with van der Waals surface area (Å²) in [6.07, 6.45) is 4.59.